The van der Waals surface area contributed by atoms with Gasteiger partial charge in [-0.3, -0.25) is 10.1 Å². The molecule has 6 nitrogen and oxygen atoms in total. The maximum absolute atomic E-state index is 11.0. The summed E-state index contributed by atoms with van der Waals surface area (Å²) in [5.74, 6) is -0.393. The molecule has 0 heterocycles. The van der Waals surface area contributed by atoms with Crippen LogP contribution in [0.5, 0.6) is 0 Å². The smallest absolute Gasteiger partial charge is 0.318 e. The summed E-state index contributed by atoms with van der Waals surface area (Å²) in [6.45, 7) is 8.22. The molecular weight excluding hydrogens is 208 g/mol. The molecule has 16 heavy (non-hydrogen) atoms. The first-order valence-corrected chi connectivity index (χ1v) is 5.62. The Hall–Kier alpha value is -1.14. The SMILES string of the molecule is CCN(CC)CCCNCC(=O)NC(N)=O. The molecule has 0 radical (unpaired) electrons. The van der Waals surface area contributed by atoms with E-state index in [1.165, 1.54) is 0 Å². The Kier molecular flexibility index (Phi) is 8.46. The molecule has 0 unspecified atom stereocenters. The number of carbonyl (C=O) groups is 2. The van der Waals surface area contributed by atoms with Crippen LogP contribution in [-0.4, -0.2) is 49.6 Å². The van der Waals surface area contributed by atoms with Crippen LogP contribution in [0.1, 0.15) is 20.3 Å². The predicted molar refractivity (Wildman–Crippen MR) is 63.0 cm³/mol. The molecule has 94 valence electrons. The summed E-state index contributed by atoms with van der Waals surface area (Å²) >= 11 is 0. The molecule has 0 fully saturated rings. The fourth-order valence-corrected chi connectivity index (χ4v) is 1.35. The van der Waals surface area contributed by atoms with Crippen LogP contribution in [0.3, 0.4) is 0 Å². The van der Waals surface area contributed by atoms with E-state index < -0.39 is 11.9 Å². The molecule has 0 aromatic carbocycles. The monoisotopic (exact) mass is 230 g/mol. The summed E-state index contributed by atoms with van der Waals surface area (Å²) in [4.78, 5) is 23.6. The Morgan fingerprint density at radius 2 is 1.88 bits per heavy atom. The molecule has 0 aromatic heterocycles. The summed E-state index contributed by atoms with van der Waals surface area (Å²) < 4.78 is 0. The molecule has 4 N–H and O–H groups in total. The Bertz CT molecular complexity index is 217. The molecule has 6 heteroatoms. The first-order chi connectivity index (χ1) is 7.60. The van der Waals surface area contributed by atoms with Gasteiger partial charge >= 0.3 is 6.03 Å². The summed E-state index contributed by atoms with van der Waals surface area (Å²) in [7, 11) is 0. The average Bonchev–Trinajstić information content (AvgIpc) is 2.22. The van der Waals surface area contributed by atoms with Crippen molar-refractivity contribution in [2.24, 2.45) is 5.73 Å². The molecule has 0 saturated carbocycles. The number of carbonyl (C=O) groups excluding carboxylic acids is 2. The number of rotatable bonds is 8. The van der Waals surface area contributed by atoms with E-state index in [1.54, 1.807) is 0 Å². The van der Waals surface area contributed by atoms with Gasteiger partial charge in [0.25, 0.3) is 0 Å². The van der Waals surface area contributed by atoms with E-state index in [0.717, 1.165) is 32.6 Å². The predicted octanol–water partition coefficient (Wildman–Crippen LogP) is -0.497. The lowest BCUT2D eigenvalue weighted by Gasteiger charge is -2.17. The topological polar surface area (TPSA) is 87.5 Å². The van der Waals surface area contributed by atoms with E-state index in [4.69, 9.17) is 5.73 Å². The Morgan fingerprint density at radius 3 is 2.38 bits per heavy atom. The number of primary amides is 1. The number of nitrogens with zero attached hydrogens (tertiary/aromatic N) is 1. The van der Waals surface area contributed by atoms with E-state index in [2.05, 4.69) is 24.1 Å². The van der Waals surface area contributed by atoms with Gasteiger partial charge in [-0.15, -0.1) is 0 Å². The lowest BCUT2D eigenvalue weighted by molar-refractivity contribution is -0.119. The van der Waals surface area contributed by atoms with Gasteiger partial charge in [-0.05, 0) is 32.6 Å². The molecule has 0 atom stereocenters. The van der Waals surface area contributed by atoms with Crippen molar-refractivity contribution in [1.82, 2.24) is 15.5 Å². The highest BCUT2D eigenvalue weighted by Gasteiger charge is 2.03. The zero-order valence-electron chi connectivity index (χ0n) is 10.1. The molecule has 0 aliphatic heterocycles. The van der Waals surface area contributed by atoms with Crippen LogP contribution >= 0.6 is 0 Å². The highest BCUT2D eigenvalue weighted by atomic mass is 16.2. The molecule has 0 rings (SSSR count). The van der Waals surface area contributed by atoms with Crippen molar-refractivity contribution < 1.29 is 9.59 Å². The molecule has 0 saturated heterocycles. The summed E-state index contributed by atoms with van der Waals surface area (Å²) in [5.41, 5.74) is 4.79. The normalized spacial score (nSPS) is 10.4. The lowest BCUT2D eigenvalue weighted by Crippen LogP contribution is -2.41. The van der Waals surface area contributed by atoms with Crippen LogP contribution in [0, 0.1) is 0 Å². The number of hydrogen-bond donors (Lipinski definition) is 3. The minimum absolute atomic E-state index is 0.126. The van der Waals surface area contributed by atoms with E-state index in [1.807, 2.05) is 5.32 Å². The fraction of sp³-hybridized carbons (Fsp3) is 0.800. The van der Waals surface area contributed by atoms with Crippen LogP contribution in [0.25, 0.3) is 0 Å². The van der Waals surface area contributed by atoms with Crippen molar-refractivity contribution in [3.63, 3.8) is 0 Å². The van der Waals surface area contributed by atoms with Gasteiger partial charge in [0.1, 0.15) is 0 Å². The summed E-state index contributed by atoms with van der Waals surface area (Å²) in [5, 5.41) is 4.94. The van der Waals surface area contributed by atoms with Crippen molar-refractivity contribution >= 4 is 11.9 Å². The molecular formula is C10H22N4O2. The summed E-state index contributed by atoms with van der Waals surface area (Å²) in [6, 6.07) is -0.810. The molecule has 0 spiro atoms. The number of amides is 3. The van der Waals surface area contributed by atoms with Crippen LogP contribution in [0.4, 0.5) is 4.79 Å². The van der Waals surface area contributed by atoms with E-state index in [-0.39, 0.29) is 6.54 Å². The van der Waals surface area contributed by atoms with Gasteiger partial charge in [-0.2, -0.15) is 0 Å². The average molecular weight is 230 g/mol. The van der Waals surface area contributed by atoms with Crippen LogP contribution in [-0.2, 0) is 4.79 Å². The zero-order valence-corrected chi connectivity index (χ0v) is 10.1. The van der Waals surface area contributed by atoms with Gasteiger partial charge in [0.15, 0.2) is 0 Å². The second-order valence-electron chi connectivity index (χ2n) is 3.47. The highest BCUT2D eigenvalue weighted by Crippen LogP contribution is 1.88. The Balaban J connectivity index is 3.39. The van der Waals surface area contributed by atoms with E-state index >= 15 is 0 Å². The third-order valence-electron chi connectivity index (χ3n) is 2.27. The molecule has 0 aliphatic rings. The molecule has 0 bridgehead atoms. The largest absolute Gasteiger partial charge is 0.351 e. The third-order valence-corrected chi connectivity index (χ3v) is 2.27. The van der Waals surface area contributed by atoms with Gasteiger partial charge in [-0.25, -0.2) is 4.79 Å². The quantitative estimate of drug-likeness (QED) is 0.491. The number of nitrogens with one attached hydrogen (secondary N) is 2. The maximum atomic E-state index is 11.0. The fourth-order valence-electron chi connectivity index (χ4n) is 1.35. The summed E-state index contributed by atoms with van der Waals surface area (Å²) in [6.07, 6.45) is 0.978. The number of hydrogen-bond acceptors (Lipinski definition) is 4. The highest BCUT2D eigenvalue weighted by molar-refractivity contribution is 5.94. The Morgan fingerprint density at radius 1 is 1.25 bits per heavy atom. The van der Waals surface area contributed by atoms with Gasteiger partial charge in [0.2, 0.25) is 5.91 Å². The Labute approximate surface area is 96.5 Å². The van der Waals surface area contributed by atoms with Crippen LogP contribution in [0.2, 0.25) is 0 Å². The van der Waals surface area contributed by atoms with Crippen molar-refractivity contribution in [1.29, 1.82) is 0 Å². The second kappa shape index (κ2) is 9.11. The second-order valence-corrected chi connectivity index (χ2v) is 3.47. The van der Waals surface area contributed by atoms with Crippen molar-refractivity contribution in [2.45, 2.75) is 20.3 Å². The zero-order chi connectivity index (χ0) is 12.4. The molecule has 0 aliphatic carbocycles. The van der Waals surface area contributed by atoms with Gasteiger partial charge < -0.3 is 16.0 Å². The van der Waals surface area contributed by atoms with Crippen LogP contribution < -0.4 is 16.4 Å². The standard InChI is InChI=1S/C10H22N4O2/c1-3-14(4-2)7-5-6-12-8-9(15)13-10(11)16/h12H,3-8H2,1-2H3,(H3,11,13,15,16). The van der Waals surface area contributed by atoms with Gasteiger partial charge in [0.05, 0.1) is 6.54 Å². The number of nitrogens with two attached hydrogens (primary N) is 1. The third kappa shape index (κ3) is 8.19. The number of urea groups is 1. The maximum Gasteiger partial charge on any atom is 0.318 e. The van der Waals surface area contributed by atoms with E-state index in [0.29, 0.717) is 0 Å². The lowest BCUT2D eigenvalue weighted by atomic mass is 10.3. The van der Waals surface area contributed by atoms with Crippen molar-refractivity contribution in [2.75, 3.05) is 32.7 Å². The minimum Gasteiger partial charge on any atom is -0.351 e. The van der Waals surface area contributed by atoms with Gasteiger partial charge in [-0.1, -0.05) is 13.8 Å². The molecule has 0 aromatic rings. The van der Waals surface area contributed by atoms with Crippen molar-refractivity contribution in [3.05, 3.63) is 0 Å². The van der Waals surface area contributed by atoms with Crippen molar-refractivity contribution in [3.8, 4) is 0 Å². The first kappa shape index (κ1) is 14.9. The van der Waals surface area contributed by atoms with Gasteiger partial charge in [0, 0.05) is 0 Å². The minimum atomic E-state index is -0.810. The molecule has 3 amide bonds. The van der Waals surface area contributed by atoms with Crippen LogP contribution in [0.15, 0.2) is 0 Å². The number of imide groups is 1. The van der Waals surface area contributed by atoms with E-state index in [9.17, 15) is 9.59 Å². The first-order valence-electron chi connectivity index (χ1n) is 5.62.